The van der Waals surface area contributed by atoms with Crippen LogP contribution in [0.1, 0.15) is 120 Å². The zero-order valence-corrected chi connectivity index (χ0v) is 20.7. The molecule has 34 heavy (non-hydrogen) atoms. The van der Waals surface area contributed by atoms with Crippen molar-refractivity contribution >= 4 is 11.9 Å². The molecule has 1 N–H and O–H groups in total. The largest absolute Gasteiger partial charge is 0.464 e. The molecule has 194 valence electrons. The highest BCUT2D eigenvalue weighted by Gasteiger charge is 2.19. The number of halogens is 3. The number of ether oxygens (including phenoxy) is 1. The second-order valence-corrected chi connectivity index (χ2v) is 8.93. The normalized spacial score (nSPS) is 10.9. The predicted molar refractivity (Wildman–Crippen MR) is 129 cm³/mol. The van der Waals surface area contributed by atoms with Crippen LogP contribution in [0.5, 0.6) is 0 Å². The van der Waals surface area contributed by atoms with Crippen LogP contribution in [0.15, 0.2) is 12.1 Å². The highest BCUT2D eigenvalue weighted by Crippen LogP contribution is 2.15. The Balaban J connectivity index is 1.91. The van der Waals surface area contributed by atoms with E-state index in [2.05, 4.69) is 12.2 Å². The predicted octanol–water partition coefficient (Wildman–Crippen LogP) is 7.64. The maximum Gasteiger partial charge on any atom is 0.325 e. The van der Waals surface area contributed by atoms with Gasteiger partial charge in [-0.3, -0.25) is 9.59 Å². The summed E-state index contributed by atoms with van der Waals surface area (Å²) in [5.74, 6) is -6.35. The minimum atomic E-state index is -1.72. The van der Waals surface area contributed by atoms with Crippen molar-refractivity contribution in [2.24, 2.45) is 0 Å². The summed E-state index contributed by atoms with van der Waals surface area (Å²) in [6, 6.07) is 1.48. The Bertz CT molecular complexity index is 713. The van der Waals surface area contributed by atoms with Crippen LogP contribution >= 0.6 is 0 Å². The summed E-state index contributed by atoms with van der Waals surface area (Å²) in [6.07, 6.45) is 20.1. The van der Waals surface area contributed by atoms with E-state index in [1.807, 2.05) is 0 Å². The summed E-state index contributed by atoms with van der Waals surface area (Å²) in [7, 11) is 0. The van der Waals surface area contributed by atoms with Gasteiger partial charge in [0.1, 0.15) is 6.54 Å². The fraction of sp³-hybridized carbons (Fsp3) is 0.704. The number of hydrogen-bond acceptors (Lipinski definition) is 3. The average molecular weight is 486 g/mol. The monoisotopic (exact) mass is 485 g/mol. The van der Waals surface area contributed by atoms with Crippen molar-refractivity contribution in [2.45, 2.75) is 110 Å². The van der Waals surface area contributed by atoms with Gasteiger partial charge in [0, 0.05) is 0 Å². The first kappa shape index (κ1) is 30.0. The molecular formula is C27H42F3NO3. The Morgan fingerprint density at radius 1 is 0.706 bits per heavy atom. The molecule has 7 heteroatoms. The first-order chi connectivity index (χ1) is 16.5. The summed E-state index contributed by atoms with van der Waals surface area (Å²) >= 11 is 0. The van der Waals surface area contributed by atoms with E-state index in [1.165, 1.54) is 83.5 Å². The first-order valence-corrected chi connectivity index (χ1v) is 13.0. The number of unbranched alkanes of at least 4 members (excludes halogenated alkanes) is 15. The van der Waals surface area contributed by atoms with Gasteiger partial charge in [0.2, 0.25) is 0 Å². The third-order valence-corrected chi connectivity index (χ3v) is 5.93. The maximum atomic E-state index is 13.6. The third-order valence-electron chi connectivity index (χ3n) is 5.93. The van der Waals surface area contributed by atoms with Crippen LogP contribution in [-0.4, -0.2) is 25.0 Å². The van der Waals surface area contributed by atoms with E-state index in [1.54, 1.807) is 0 Å². The molecule has 0 saturated carbocycles. The second kappa shape index (κ2) is 19.3. The Morgan fingerprint density at radius 3 is 1.68 bits per heavy atom. The molecule has 1 rings (SSSR count). The minimum Gasteiger partial charge on any atom is -0.464 e. The standard InChI is InChI=1S/C27H42F3NO3/c1-2-3-4-5-6-7-8-9-10-11-12-13-14-15-16-17-20-34-24(32)21-31-27(33)22-18-19-23(28)26(30)25(22)29/h18-19H,2-17,20-21H2,1H3,(H,31,33). The zero-order valence-electron chi connectivity index (χ0n) is 20.7. The number of benzene rings is 1. The zero-order chi connectivity index (χ0) is 25.0. The molecule has 0 spiro atoms. The molecule has 1 aromatic rings. The van der Waals surface area contributed by atoms with Gasteiger partial charge in [0.05, 0.1) is 12.2 Å². The van der Waals surface area contributed by atoms with Gasteiger partial charge in [-0.25, -0.2) is 13.2 Å². The molecule has 1 aromatic carbocycles. The van der Waals surface area contributed by atoms with Crippen molar-refractivity contribution in [3.8, 4) is 0 Å². The van der Waals surface area contributed by atoms with Gasteiger partial charge >= 0.3 is 5.97 Å². The summed E-state index contributed by atoms with van der Waals surface area (Å²) < 4.78 is 44.7. The van der Waals surface area contributed by atoms with Crippen LogP contribution in [-0.2, 0) is 9.53 Å². The molecule has 0 heterocycles. The molecule has 0 bridgehead atoms. The van der Waals surface area contributed by atoms with E-state index in [0.29, 0.717) is 6.07 Å². The van der Waals surface area contributed by atoms with Crippen LogP contribution in [0, 0.1) is 17.5 Å². The Hall–Kier alpha value is -2.05. The Kier molecular flexibility index (Phi) is 17.0. The highest BCUT2D eigenvalue weighted by molar-refractivity contribution is 5.96. The maximum absolute atomic E-state index is 13.6. The number of carbonyl (C=O) groups excluding carboxylic acids is 2. The molecule has 0 fully saturated rings. The fourth-order valence-corrected chi connectivity index (χ4v) is 3.84. The summed E-state index contributed by atoms with van der Waals surface area (Å²) in [6.45, 7) is 2.04. The third kappa shape index (κ3) is 13.6. The SMILES string of the molecule is CCCCCCCCCCCCCCCCCCOC(=O)CNC(=O)c1ccc(F)c(F)c1F. The molecule has 0 unspecified atom stereocenters. The molecular weight excluding hydrogens is 443 g/mol. The number of rotatable bonds is 20. The van der Waals surface area contributed by atoms with Crippen LogP contribution in [0.25, 0.3) is 0 Å². The number of nitrogens with one attached hydrogen (secondary N) is 1. The minimum absolute atomic E-state index is 0.257. The lowest BCUT2D eigenvalue weighted by molar-refractivity contribution is -0.142. The van der Waals surface area contributed by atoms with Crippen LogP contribution < -0.4 is 5.32 Å². The van der Waals surface area contributed by atoms with E-state index in [4.69, 9.17) is 4.74 Å². The van der Waals surface area contributed by atoms with Gasteiger partial charge in [-0.2, -0.15) is 0 Å². The molecule has 1 amide bonds. The van der Waals surface area contributed by atoms with Crippen LogP contribution in [0.4, 0.5) is 13.2 Å². The highest BCUT2D eigenvalue weighted by atomic mass is 19.2. The van der Waals surface area contributed by atoms with Gasteiger partial charge in [0.25, 0.3) is 5.91 Å². The van der Waals surface area contributed by atoms with E-state index < -0.39 is 41.4 Å². The Labute approximate surface area is 203 Å². The summed E-state index contributed by atoms with van der Waals surface area (Å²) in [4.78, 5) is 23.5. The van der Waals surface area contributed by atoms with Gasteiger partial charge in [-0.05, 0) is 18.6 Å². The number of hydrogen-bond donors (Lipinski definition) is 1. The van der Waals surface area contributed by atoms with Gasteiger partial charge in [0.15, 0.2) is 17.5 Å². The Morgan fingerprint density at radius 2 is 1.18 bits per heavy atom. The van der Waals surface area contributed by atoms with Crippen molar-refractivity contribution in [2.75, 3.05) is 13.2 Å². The van der Waals surface area contributed by atoms with Gasteiger partial charge in [-0.1, -0.05) is 103 Å². The number of carbonyl (C=O) groups is 2. The number of esters is 1. The molecule has 0 aromatic heterocycles. The van der Waals surface area contributed by atoms with Crippen molar-refractivity contribution in [3.05, 3.63) is 35.1 Å². The van der Waals surface area contributed by atoms with Crippen molar-refractivity contribution in [3.63, 3.8) is 0 Å². The lowest BCUT2D eigenvalue weighted by Crippen LogP contribution is -2.31. The van der Waals surface area contributed by atoms with Gasteiger partial charge in [-0.15, -0.1) is 0 Å². The molecule has 0 aliphatic carbocycles. The average Bonchev–Trinajstić information content (AvgIpc) is 2.83. The van der Waals surface area contributed by atoms with Crippen LogP contribution in [0.3, 0.4) is 0 Å². The van der Waals surface area contributed by atoms with Gasteiger partial charge < -0.3 is 10.1 Å². The second-order valence-electron chi connectivity index (χ2n) is 8.93. The van der Waals surface area contributed by atoms with Crippen molar-refractivity contribution in [1.82, 2.24) is 5.32 Å². The van der Waals surface area contributed by atoms with Crippen molar-refractivity contribution in [1.29, 1.82) is 0 Å². The van der Waals surface area contributed by atoms with Crippen LogP contribution in [0.2, 0.25) is 0 Å². The topological polar surface area (TPSA) is 55.4 Å². The molecule has 0 atom stereocenters. The lowest BCUT2D eigenvalue weighted by Gasteiger charge is -2.08. The molecule has 0 saturated heterocycles. The fourth-order valence-electron chi connectivity index (χ4n) is 3.84. The molecule has 0 aliphatic heterocycles. The number of amides is 1. The van der Waals surface area contributed by atoms with Crippen molar-refractivity contribution < 1.29 is 27.5 Å². The molecule has 0 radical (unpaired) electrons. The first-order valence-electron chi connectivity index (χ1n) is 13.0. The van der Waals surface area contributed by atoms with E-state index >= 15 is 0 Å². The molecule has 0 aliphatic rings. The quantitative estimate of drug-likeness (QED) is 0.117. The lowest BCUT2D eigenvalue weighted by atomic mass is 10.0. The van der Waals surface area contributed by atoms with E-state index in [-0.39, 0.29) is 6.61 Å². The summed E-state index contributed by atoms with van der Waals surface area (Å²) in [5.41, 5.74) is -0.662. The van der Waals surface area contributed by atoms with E-state index in [0.717, 1.165) is 25.3 Å². The smallest absolute Gasteiger partial charge is 0.325 e. The van der Waals surface area contributed by atoms with E-state index in [9.17, 15) is 22.8 Å². The summed E-state index contributed by atoms with van der Waals surface area (Å²) in [5, 5.41) is 2.15. The molecule has 4 nitrogen and oxygen atoms in total.